The highest BCUT2D eigenvalue weighted by molar-refractivity contribution is 7.99. The summed E-state index contributed by atoms with van der Waals surface area (Å²) in [6, 6.07) is 12.8. The zero-order valence-electron chi connectivity index (χ0n) is 12.7. The van der Waals surface area contributed by atoms with Crippen LogP contribution in [0, 0.1) is 13.8 Å². The number of hydrogen-bond acceptors (Lipinski definition) is 3. The lowest BCUT2D eigenvalue weighted by Crippen LogP contribution is -2.21. The molecule has 0 saturated carbocycles. The number of fused-ring (bicyclic) bond motifs is 1. The molecule has 1 heterocycles. The third-order valence-corrected chi connectivity index (χ3v) is 5.43. The Labute approximate surface area is 130 Å². The minimum atomic E-state index is -0.0308. The normalized spacial score (nSPS) is 18.4. The van der Waals surface area contributed by atoms with E-state index in [1.807, 2.05) is 11.8 Å². The quantitative estimate of drug-likeness (QED) is 0.922. The predicted octanol–water partition coefficient (Wildman–Crippen LogP) is 4.20. The van der Waals surface area contributed by atoms with Gasteiger partial charge in [-0.2, -0.15) is 0 Å². The molecule has 2 aromatic rings. The number of hydrogen-bond donors (Lipinski definition) is 1. The molecule has 2 nitrogen and oxygen atoms in total. The van der Waals surface area contributed by atoms with Crippen LogP contribution in [0.5, 0.6) is 5.75 Å². The average molecular weight is 299 g/mol. The second-order valence-electron chi connectivity index (χ2n) is 5.68. The number of nitrogens with two attached hydrogens (primary N) is 1. The molecule has 2 aromatic carbocycles. The number of ether oxygens (including phenoxy) is 1. The van der Waals surface area contributed by atoms with Crippen molar-refractivity contribution < 1.29 is 4.74 Å². The highest BCUT2D eigenvalue weighted by Crippen LogP contribution is 2.46. The van der Waals surface area contributed by atoms with E-state index in [9.17, 15) is 0 Å². The Kier molecular flexibility index (Phi) is 3.96. The van der Waals surface area contributed by atoms with Gasteiger partial charge in [-0.1, -0.05) is 24.3 Å². The second kappa shape index (κ2) is 5.74. The standard InChI is InChI=1S/C18H21NOS/c1-11-8-12(2)17(15(9-11)20-3)18(19)14-10-21-16-7-5-4-6-13(14)16/h4-9,14,18H,10,19H2,1-3H3. The molecular weight excluding hydrogens is 278 g/mol. The largest absolute Gasteiger partial charge is 0.496 e. The summed E-state index contributed by atoms with van der Waals surface area (Å²) in [5.74, 6) is 2.30. The summed E-state index contributed by atoms with van der Waals surface area (Å²) >= 11 is 1.90. The van der Waals surface area contributed by atoms with E-state index in [2.05, 4.69) is 50.2 Å². The summed E-state index contributed by atoms with van der Waals surface area (Å²) in [5.41, 5.74) is 11.6. The first-order valence-corrected chi connectivity index (χ1v) is 8.23. The Bertz CT molecular complexity index is 668. The molecule has 3 heteroatoms. The summed E-state index contributed by atoms with van der Waals surface area (Å²) < 4.78 is 5.59. The SMILES string of the molecule is COc1cc(C)cc(C)c1C(N)C1CSc2ccccc21. The van der Waals surface area contributed by atoms with Crippen LogP contribution in [0.4, 0.5) is 0 Å². The number of rotatable bonds is 3. The second-order valence-corrected chi connectivity index (χ2v) is 6.74. The van der Waals surface area contributed by atoms with Crippen LogP contribution in [0.1, 0.15) is 34.2 Å². The Balaban J connectivity index is 2.02. The highest BCUT2D eigenvalue weighted by Gasteiger charge is 2.31. The van der Waals surface area contributed by atoms with Gasteiger partial charge < -0.3 is 10.5 Å². The number of benzene rings is 2. The molecule has 2 atom stereocenters. The molecule has 1 aliphatic rings. The van der Waals surface area contributed by atoms with E-state index in [0.717, 1.165) is 17.1 Å². The molecule has 2 N–H and O–H groups in total. The number of aryl methyl sites for hydroxylation is 2. The van der Waals surface area contributed by atoms with Crippen molar-refractivity contribution in [3.8, 4) is 5.75 Å². The maximum absolute atomic E-state index is 6.65. The van der Waals surface area contributed by atoms with Crippen LogP contribution < -0.4 is 10.5 Å². The van der Waals surface area contributed by atoms with Crippen molar-refractivity contribution in [2.24, 2.45) is 5.73 Å². The Hall–Kier alpha value is -1.45. The summed E-state index contributed by atoms with van der Waals surface area (Å²) in [7, 11) is 1.72. The third kappa shape index (κ3) is 2.56. The third-order valence-electron chi connectivity index (χ3n) is 4.22. The van der Waals surface area contributed by atoms with E-state index >= 15 is 0 Å². The fraction of sp³-hybridized carbons (Fsp3) is 0.333. The molecule has 0 spiro atoms. The Morgan fingerprint density at radius 1 is 1.24 bits per heavy atom. The first kappa shape index (κ1) is 14.5. The minimum Gasteiger partial charge on any atom is -0.496 e. The Morgan fingerprint density at radius 2 is 2.00 bits per heavy atom. The highest BCUT2D eigenvalue weighted by atomic mass is 32.2. The molecule has 0 aliphatic carbocycles. The zero-order valence-corrected chi connectivity index (χ0v) is 13.5. The van der Waals surface area contributed by atoms with Crippen molar-refractivity contribution >= 4 is 11.8 Å². The van der Waals surface area contributed by atoms with Crippen molar-refractivity contribution in [3.63, 3.8) is 0 Å². The van der Waals surface area contributed by atoms with Crippen molar-refractivity contribution in [2.75, 3.05) is 12.9 Å². The van der Waals surface area contributed by atoms with Gasteiger partial charge in [0.15, 0.2) is 0 Å². The zero-order chi connectivity index (χ0) is 15.0. The van der Waals surface area contributed by atoms with Crippen LogP contribution in [0.25, 0.3) is 0 Å². The lowest BCUT2D eigenvalue weighted by molar-refractivity contribution is 0.401. The monoisotopic (exact) mass is 299 g/mol. The molecule has 1 aliphatic heterocycles. The summed E-state index contributed by atoms with van der Waals surface area (Å²) in [5, 5.41) is 0. The molecule has 0 bridgehead atoms. The molecule has 21 heavy (non-hydrogen) atoms. The molecule has 0 radical (unpaired) electrons. The van der Waals surface area contributed by atoms with Crippen LogP contribution in [-0.4, -0.2) is 12.9 Å². The maximum Gasteiger partial charge on any atom is 0.124 e. The van der Waals surface area contributed by atoms with Crippen LogP contribution in [0.2, 0.25) is 0 Å². The van der Waals surface area contributed by atoms with Gasteiger partial charge in [-0.3, -0.25) is 0 Å². The van der Waals surface area contributed by atoms with Gasteiger partial charge in [-0.15, -0.1) is 11.8 Å². The van der Waals surface area contributed by atoms with E-state index in [-0.39, 0.29) is 6.04 Å². The average Bonchev–Trinajstić information content (AvgIpc) is 2.89. The van der Waals surface area contributed by atoms with Gasteiger partial charge in [-0.25, -0.2) is 0 Å². The summed E-state index contributed by atoms with van der Waals surface area (Å²) in [6.45, 7) is 4.21. The van der Waals surface area contributed by atoms with Crippen LogP contribution in [0.3, 0.4) is 0 Å². The minimum absolute atomic E-state index is 0.0308. The number of thioether (sulfide) groups is 1. The van der Waals surface area contributed by atoms with Crippen LogP contribution in [-0.2, 0) is 0 Å². The van der Waals surface area contributed by atoms with Crippen LogP contribution >= 0.6 is 11.8 Å². The molecule has 0 fully saturated rings. The van der Waals surface area contributed by atoms with Crippen molar-refractivity contribution in [1.82, 2.24) is 0 Å². The first-order chi connectivity index (χ1) is 10.1. The van der Waals surface area contributed by atoms with Gasteiger partial charge in [0.25, 0.3) is 0 Å². The van der Waals surface area contributed by atoms with Gasteiger partial charge in [-0.05, 0) is 42.7 Å². The smallest absolute Gasteiger partial charge is 0.124 e. The summed E-state index contributed by atoms with van der Waals surface area (Å²) in [4.78, 5) is 1.36. The molecule has 0 saturated heterocycles. The topological polar surface area (TPSA) is 35.2 Å². The molecule has 2 unspecified atom stereocenters. The van der Waals surface area contributed by atoms with Gasteiger partial charge in [0.05, 0.1) is 7.11 Å². The maximum atomic E-state index is 6.65. The van der Waals surface area contributed by atoms with Gasteiger partial charge in [0, 0.05) is 28.2 Å². The van der Waals surface area contributed by atoms with E-state index in [0.29, 0.717) is 5.92 Å². The molecular formula is C18H21NOS. The van der Waals surface area contributed by atoms with Crippen molar-refractivity contribution in [3.05, 3.63) is 58.7 Å². The van der Waals surface area contributed by atoms with Crippen molar-refractivity contribution in [2.45, 2.75) is 30.7 Å². The predicted molar refractivity (Wildman–Crippen MR) is 89.3 cm³/mol. The molecule has 3 rings (SSSR count). The van der Waals surface area contributed by atoms with E-state index < -0.39 is 0 Å². The summed E-state index contributed by atoms with van der Waals surface area (Å²) in [6.07, 6.45) is 0. The van der Waals surface area contributed by atoms with Gasteiger partial charge in [0.2, 0.25) is 0 Å². The van der Waals surface area contributed by atoms with Crippen molar-refractivity contribution in [1.29, 1.82) is 0 Å². The first-order valence-electron chi connectivity index (χ1n) is 7.24. The lowest BCUT2D eigenvalue weighted by atomic mass is 9.86. The molecule has 0 aromatic heterocycles. The fourth-order valence-electron chi connectivity index (χ4n) is 3.22. The van der Waals surface area contributed by atoms with E-state index in [4.69, 9.17) is 10.5 Å². The Morgan fingerprint density at radius 3 is 2.76 bits per heavy atom. The van der Waals surface area contributed by atoms with E-state index in [1.165, 1.54) is 21.6 Å². The van der Waals surface area contributed by atoms with Gasteiger partial charge >= 0.3 is 0 Å². The molecule has 0 amide bonds. The van der Waals surface area contributed by atoms with Gasteiger partial charge in [0.1, 0.15) is 5.75 Å². The molecule has 110 valence electrons. The number of methoxy groups -OCH3 is 1. The fourth-order valence-corrected chi connectivity index (χ4v) is 4.53. The lowest BCUT2D eigenvalue weighted by Gasteiger charge is -2.24. The van der Waals surface area contributed by atoms with E-state index in [1.54, 1.807) is 7.11 Å². The van der Waals surface area contributed by atoms with Crippen LogP contribution in [0.15, 0.2) is 41.3 Å².